The Kier molecular flexibility index (Phi) is 5.73. The van der Waals surface area contributed by atoms with Crippen molar-refractivity contribution >= 4 is 23.5 Å². The van der Waals surface area contributed by atoms with Gasteiger partial charge in [-0.2, -0.15) is 10.2 Å². The molecule has 4 rings (SSSR count). The Bertz CT molecular complexity index is 1090. The quantitative estimate of drug-likeness (QED) is 0.292. The molecule has 3 heterocycles. The van der Waals surface area contributed by atoms with E-state index in [0.29, 0.717) is 11.7 Å². The van der Waals surface area contributed by atoms with Crippen LogP contribution in [0.4, 0.5) is 0 Å². The highest BCUT2D eigenvalue weighted by Crippen LogP contribution is 2.21. The number of aromatic nitrogens is 3. The SMILES string of the molecule is S=C(NCc1ccco1)N/N=C\c1cn(-c2ccccc2)nc1-c1ccncc1. The fraction of sp³-hybridized carbons (Fsp3) is 0.0476. The van der Waals surface area contributed by atoms with Gasteiger partial charge in [-0.05, 0) is 48.6 Å². The number of nitrogens with zero attached hydrogens (tertiary/aromatic N) is 4. The van der Waals surface area contributed by atoms with Gasteiger partial charge in [0.25, 0.3) is 0 Å². The summed E-state index contributed by atoms with van der Waals surface area (Å²) in [5, 5.41) is 12.4. The van der Waals surface area contributed by atoms with Gasteiger partial charge in [0.2, 0.25) is 0 Å². The van der Waals surface area contributed by atoms with Crippen LogP contribution in [0.15, 0.2) is 89.0 Å². The Morgan fingerprint density at radius 3 is 2.69 bits per heavy atom. The minimum absolute atomic E-state index is 0.401. The lowest BCUT2D eigenvalue weighted by Crippen LogP contribution is -2.31. The first-order chi connectivity index (χ1) is 14.3. The number of rotatable bonds is 6. The summed E-state index contributed by atoms with van der Waals surface area (Å²) in [6.07, 6.45) is 8.72. The molecule has 4 aromatic rings. The third-order valence-corrected chi connectivity index (χ3v) is 4.33. The van der Waals surface area contributed by atoms with Crippen LogP contribution in [0, 0.1) is 0 Å². The molecular formula is C21H18N6OS. The number of pyridine rings is 1. The lowest BCUT2D eigenvalue weighted by Gasteiger charge is -2.04. The molecule has 0 bridgehead atoms. The maximum Gasteiger partial charge on any atom is 0.187 e. The second-order valence-corrected chi connectivity index (χ2v) is 6.49. The van der Waals surface area contributed by atoms with Crippen LogP contribution in [0.1, 0.15) is 11.3 Å². The van der Waals surface area contributed by atoms with Gasteiger partial charge in [-0.1, -0.05) is 18.2 Å². The van der Waals surface area contributed by atoms with E-state index < -0.39 is 0 Å². The van der Waals surface area contributed by atoms with Crippen LogP contribution in [0.2, 0.25) is 0 Å². The van der Waals surface area contributed by atoms with Crippen molar-refractivity contribution in [2.45, 2.75) is 6.54 Å². The van der Waals surface area contributed by atoms with E-state index in [9.17, 15) is 0 Å². The molecule has 29 heavy (non-hydrogen) atoms. The van der Waals surface area contributed by atoms with Gasteiger partial charge < -0.3 is 9.73 Å². The van der Waals surface area contributed by atoms with E-state index in [1.807, 2.05) is 65.5 Å². The first-order valence-electron chi connectivity index (χ1n) is 8.94. The first-order valence-corrected chi connectivity index (χ1v) is 9.35. The molecule has 0 fully saturated rings. The van der Waals surface area contributed by atoms with Gasteiger partial charge in [0.1, 0.15) is 11.5 Å². The number of furan rings is 1. The minimum atomic E-state index is 0.401. The van der Waals surface area contributed by atoms with Crippen molar-refractivity contribution in [3.8, 4) is 16.9 Å². The van der Waals surface area contributed by atoms with E-state index in [1.165, 1.54) is 0 Å². The predicted octanol–water partition coefficient (Wildman–Crippen LogP) is 3.53. The second-order valence-electron chi connectivity index (χ2n) is 6.08. The number of hydrogen-bond donors (Lipinski definition) is 2. The molecule has 7 nitrogen and oxygen atoms in total. The average Bonchev–Trinajstić information content (AvgIpc) is 3.44. The lowest BCUT2D eigenvalue weighted by atomic mass is 10.1. The van der Waals surface area contributed by atoms with Crippen molar-refractivity contribution in [1.29, 1.82) is 0 Å². The number of hydrogen-bond acceptors (Lipinski definition) is 5. The Morgan fingerprint density at radius 2 is 1.93 bits per heavy atom. The van der Waals surface area contributed by atoms with Crippen molar-refractivity contribution in [2.24, 2.45) is 5.10 Å². The van der Waals surface area contributed by atoms with Crippen LogP contribution >= 0.6 is 12.2 Å². The van der Waals surface area contributed by atoms with Crippen LogP contribution in [0.3, 0.4) is 0 Å². The van der Waals surface area contributed by atoms with Crippen molar-refractivity contribution in [2.75, 3.05) is 0 Å². The van der Waals surface area contributed by atoms with Gasteiger partial charge in [0, 0.05) is 29.7 Å². The fourth-order valence-corrected chi connectivity index (χ4v) is 2.83. The highest BCUT2D eigenvalue weighted by Gasteiger charge is 2.11. The van der Waals surface area contributed by atoms with Gasteiger partial charge >= 0.3 is 0 Å². The molecule has 0 saturated carbocycles. The first kappa shape index (κ1) is 18.6. The molecule has 0 aliphatic rings. The maximum atomic E-state index is 5.26. The minimum Gasteiger partial charge on any atom is -0.467 e. The largest absolute Gasteiger partial charge is 0.467 e. The van der Waals surface area contributed by atoms with Crippen molar-refractivity contribution in [3.05, 3.63) is 90.8 Å². The summed E-state index contributed by atoms with van der Waals surface area (Å²) < 4.78 is 7.09. The zero-order valence-corrected chi connectivity index (χ0v) is 16.2. The summed E-state index contributed by atoms with van der Waals surface area (Å²) in [4.78, 5) is 4.08. The molecule has 0 spiro atoms. The highest BCUT2D eigenvalue weighted by molar-refractivity contribution is 7.80. The molecule has 0 radical (unpaired) electrons. The third kappa shape index (κ3) is 4.74. The van der Waals surface area contributed by atoms with E-state index in [-0.39, 0.29) is 0 Å². The predicted molar refractivity (Wildman–Crippen MR) is 116 cm³/mol. The molecule has 8 heteroatoms. The number of nitrogens with one attached hydrogen (secondary N) is 2. The molecule has 2 N–H and O–H groups in total. The Labute approximate surface area is 173 Å². The zero-order chi connectivity index (χ0) is 19.9. The van der Waals surface area contributed by atoms with E-state index in [1.54, 1.807) is 24.9 Å². The molecule has 3 aromatic heterocycles. The Hall–Kier alpha value is -3.78. The summed E-state index contributed by atoms with van der Waals surface area (Å²) >= 11 is 5.24. The molecule has 1 aromatic carbocycles. The molecule has 0 atom stereocenters. The highest BCUT2D eigenvalue weighted by atomic mass is 32.1. The number of thiocarbonyl (C=S) groups is 1. The number of para-hydroxylation sites is 1. The van der Waals surface area contributed by atoms with Crippen LogP contribution < -0.4 is 10.7 Å². The van der Waals surface area contributed by atoms with E-state index >= 15 is 0 Å². The van der Waals surface area contributed by atoms with Gasteiger partial charge in [-0.25, -0.2) is 4.68 Å². The standard InChI is InChI=1S/C21H18N6OS/c29-21(23-14-19-7-4-12-28-19)25-24-13-17-15-27(18-5-2-1-3-6-18)26-20(17)16-8-10-22-11-9-16/h1-13,15H,14H2,(H2,23,25,29)/b24-13-. The summed E-state index contributed by atoms with van der Waals surface area (Å²) in [6.45, 7) is 0.489. The van der Waals surface area contributed by atoms with Gasteiger partial charge in [0.15, 0.2) is 5.11 Å². The molecular weight excluding hydrogens is 384 g/mol. The Morgan fingerprint density at radius 1 is 1.10 bits per heavy atom. The normalized spacial score (nSPS) is 10.9. The van der Waals surface area contributed by atoms with E-state index in [0.717, 1.165) is 28.3 Å². The summed E-state index contributed by atoms with van der Waals surface area (Å²) in [7, 11) is 0. The average molecular weight is 402 g/mol. The molecule has 0 unspecified atom stereocenters. The van der Waals surface area contributed by atoms with Crippen molar-refractivity contribution in [1.82, 2.24) is 25.5 Å². The van der Waals surface area contributed by atoms with Gasteiger partial charge in [-0.3, -0.25) is 10.4 Å². The third-order valence-electron chi connectivity index (χ3n) is 4.09. The zero-order valence-electron chi connectivity index (χ0n) is 15.4. The summed E-state index contributed by atoms with van der Waals surface area (Å²) in [5.41, 5.74) is 6.39. The van der Waals surface area contributed by atoms with Gasteiger partial charge in [-0.15, -0.1) is 0 Å². The van der Waals surface area contributed by atoms with Crippen molar-refractivity contribution < 1.29 is 4.42 Å². The molecule has 0 aliphatic heterocycles. The topological polar surface area (TPSA) is 80.3 Å². The lowest BCUT2D eigenvalue weighted by molar-refractivity contribution is 0.502. The monoisotopic (exact) mass is 402 g/mol. The fourth-order valence-electron chi connectivity index (χ4n) is 2.71. The second kappa shape index (κ2) is 8.94. The van der Waals surface area contributed by atoms with E-state index in [4.69, 9.17) is 21.7 Å². The smallest absolute Gasteiger partial charge is 0.187 e. The van der Waals surface area contributed by atoms with Gasteiger partial charge in [0.05, 0.1) is 24.7 Å². The van der Waals surface area contributed by atoms with E-state index in [2.05, 4.69) is 20.8 Å². The molecule has 0 amide bonds. The maximum absolute atomic E-state index is 5.26. The molecule has 144 valence electrons. The number of benzene rings is 1. The van der Waals surface area contributed by atoms with Crippen LogP contribution in [-0.2, 0) is 6.54 Å². The summed E-state index contributed by atoms with van der Waals surface area (Å²) in [5.74, 6) is 0.794. The molecule has 0 saturated heterocycles. The van der Waals surface area contributed by atoms with Crippen LogP contribution in [-0.4, -0.2) is 26.1 Å². The van der Waals surface area contributed by atoms with Crippen molar-refractivity contribution in [3.63, 3.8) is 0 Å². The summed E-state index contributed by atoms with van der Waals surface area (Å²) in [6, 6.07) is 17.4. The number of hydrazone groups is 1. The van der Waals surface area contributed by atoms with Crippen LogP contribution in [0.5, 0.6) is 0 Å². The van der Waals surface area contributed by atoms with Crippen LogP contribution in [0.25, 0.3) is 16.9 Å². The Balaban J connectivity index is 1.51. The molecule has 0 aliphatic carbocycles.